The zero-order valence-corrected chi connectivity index (χ0v) is 20.8. The van der Waals surface area contributed by atoms with Gasteiger partial charge in [0.25, 0.3) is 0 Å². The molecule has 4 N–H and O–H groups in total. The largest absolute Gasteiger partial charge is 0.395 e. The maximum absolute atomic E-state index is 13.8. The Morgan fingerprint density at radius 3 is 2.84 bits per heavy atom. The molecule has 38 heavy (non-hydrogen) atoms. The van der Waals surface area contributed by atoms with E-state index in [0.717, 1.165) is 30.1 Å². The van der Waals surface area contributed by atoms with Crippen LogP contribution in [0.25, 0.3) is 10.9 Å². The summed E-state index contributed by atoms with van der Waals surface area (Å²) in [6.45, 7) is 4.48. The quantitative estimate of drug-likeness (QED) is 0.236. The molecule has 2 heterocycles. The molecule has 9 nitrogen and oxygen atoms in total. The van der Waals surface area contributed by atoms with Crippen molar-refractivity contribution < 1.29 is 18.7 Å². The van der Waals surface area contributed by atoms with Crippen molar-refractivity contribution in [3.8, 4) is 11.8 Å². The van der Waals surface area contributed by atoms with E-state index >= 15 is 0 Å². The second kappa shape index (κ2) is 12.7. The highest BCUT2D eigenvalue weighted by Crippen LogP contribution is 2.23. The molecule has 0 saturated carbocycles. The third-order valence-corrected chi connectivity index (χ3v) is 5.74. The summed E-state index contributed by atoms with van der Waals surface area (Å²) in [7, 11) is 0. The highest BCUT2D eigenvalue weighted by Gasteiger charge is 2.13. The van der Waals surface area contributed by atoms with Gasteiger partial charge in [-0.1, -0.05) is 24.8 Å². The molecule has 0 aliphatic carbocycles. The van der Waals surface area contributed by atoms with Gasteiger partial charge in [-0.2, -0.15) is 5.10 Å². The number of H-pyrrole nitrogens is 1. The maximum atomic E-state index is 13.8. The van der Waals surface area contributed by atoms with Crippen molar-refractivity contribution in [1.82, 2.24) is 25.1 Å². The molecule has 0 fully saturated rings. The highest BCUT2D eigenvalue weighted by molar-refractivity contribution is 5.93. The number of amides is 1. The number of carbonyl (C=O) groups excluding carboxylic acids is 1. The lowest BCUT2D eigenvalue weighted by Crippen LogP contribution is -2.27. The Bertz CT molecular complexity index is 1480. The number of hydrogen-bond acceptors (Lipinski definition) is 7. The minimum Gasteiger partial charge on any atom is -0.395 e. The second-order valence-corrected chi connectivity index (χ2v) is 8.39. The topological polar surface area (TPSA) is 119 Å². The first-order valence-electron chi connectivity index (χ1n) is 12.1. The molecule has 0 aliphatic rings. The van der Waals surface area contributed by atoms with Crippen LogP contribution in [-0.4, -0.2) is 62.3 Å². The Hall–Kier alpha value is -4.40. The molecule has 4 aromatic rings. The van der Waals surface area contributed by atoms with Crippen molar-refractivity contribution in [2.75, 3.05) is 36.9 Å². The lowest BCUT2D eigenvalue weighted by Gasteiger charge is -2.16. The molecule has 2 aromatic heterocycles. The number of aromatic nitrogens is 4. The van der Waals surface area contributed by atoms with Gasteiger partial charge in [0.05, 0.1) is 24.2 Å². The van der Waals surface area contributed by atoms with Crippen LogP contribution < -0.4 is 10.6 Å². The summed E-state index contributed by atoms with van der Waals surface area (Å²) in [6.07, 6.45) is 2.01. The molecular weight excluding hydrogens is 492 g/mol. The number of benzene rings is 2. The minimum atomic E-state index is -1.11. The number of rotatable bonds is 10. The molecule has 0 bridgehead atoms. The number of aromatic amines is 1. The predicted octanol–water partition coefficient (Wildman–Crippen LogP) is 3.61. The first-order valence-corrected chi connectivity index (χ1v) is 12.1. The molecule has 196 valence electrons. The van der Waals surface area contributed by atoms with E-state index in [-0.39, 0.29) is 18.7 Å². The molecule has 11 heteroatoms. The van der Waals surface area contributed by atoms with E-state index in [4.69, 9.17) is 5.11 Å². The summed E-state index contributed by atoms with van der Waals surface area (Å²) < 4.78 is 27.2. The van der Waals surface area contributed by atoms with E-state index < -0.39 is 17.5 Å². The molecule has 1 amide bonds. The first-order chi connectivity index (χ1) is 18.5. The van der Waals surface area contributed by atoms with Gasteiger partial charge in [-0.05, 0) is 36.9 Å². The number of nitrogens with zero attached hydrogens (tertiary/aromatic N) is 4. The zero-order chi connectivity index (χ0) is 26.9. The summed E-state index contributed by atoms with van der Waals surface area (Å²) in [6, 6.07) is 10.9. The SMILES string of the molecule is CCN(CCO)CCC#Cc1ccc2c(Nc3cc(CC(=O)Nc4cccc(F)c4F)[nH]n3)ncnc2c1. The van der Waals surface area contributed by atoms with Crippen LogP contribution in [0.15, 0.2) is 48.8 Å². The van der Waals surface area contributed by atoms with Crippen molar-refractivity contribution >= 4 is 34.1 Å². The summed E-state index contributed by atoms with van der Waals surface area (Å²) in [5.74, 6) is 4.60. The van der Waals surface area contributed by atoms with Gasteiger partial charge in [0.2, 0.25) is 5.91 Å². The van der Waals surface area contributed by atoms with E-state index in [1.165, 1.54) is 18.5 Å². The monoisotopic (exact) mass is 519 g/mol. The van der Waals surface area contributed by atoms with Crippen molar-refractivity contribution in [2.45, 2.75) is 19.8 Å². The van der Waals surface area contributed by atoms with Crippen molar-refractivity contribution in [1.29, 1.82) is 0 Å². The minimum absolute atomic E-state index is 0.118. The third-order valence-electron chi connectivity index (χ3n) is 5.74. The standard InChI is InChI=1S/C27H27F2N7O2/c1-2-36(12-13-37)11-4-3-6-18-9-10-20-23(14-18)30-17-31-27(20)33-24-15-19(34-35-24)16-25(38)32-22-8-5-7-21(28)26(22)29/h5,7-10,14-15,17,37H,2,4,11-13,16H2,1H3,(H,32,38)(H2,30,31,33,34,35). The average Bonchev–Trinajstić information content (AvgIpc) is 3.35. The number of likely N-dealkylation sites (N-methyl/N-ethyl adjacent to an activating group) is 1. The highest BCUT2D eigenvalue weighted by atomic mass is 19.2. The number of halogens is 2. The van der Waals surface area contributed by atoms with E-state index in [0.29, 0.717) is 35.8 Å². The number of carbonyl (C=O) groups is 1. The van der Waals surface area contributed by atoms with Crippen LogP contribution in [0, 0.1) is 23.5 Å². The fourth-order valence-electron chi connectivity index (χ4n) is 3.79. The van der Waals surface area contributed by atoms with Gasteiger partial charge in [0.1, 0.15) is 12.1 Å². The normalized spacial score (nSPS) is 10.9. The Morgan fingerprint density at radius 2 is 2.03 bits per heavy atom. The number of aliphatic hydroxyl groups is 1. The molecule has 0 saturated heterocycles. The maximum Gasteiger partial charge on any atom is 0.230 e. The number of fused-ring (bicyclic) bond motifs is 1. The Morgan fingerprint density at radius 1 is 1.16 bits per heavy atom. The fraction of sp³-hybridized carbons (Fsp3) is 0.259. The van der Waals surface area contributed by atoms with E-state index in [1.54, 1.807) is 6.07 Å². The van der Waals surface area contributed by atoms with Crippen LogP contribution in [0.1, 0.15) is 24.6 Å². The van der Waals surface area contributed by atoms with Crippen molar-refractivity contribution in [2.24, 2.45) is 0 Å². The third kappa shape index (κ3) is 6.88. The summed E-state index contributed by atoms with van der Waals surface area (Å²) in [5, 5.41) is 22.2. The van der Waals surface area contributed by atoms with Gasteiger partial charge in [-0.15, -0.1) is 0 Å². The van der Waals surface area contributed by atoms with Crippen molar-refractivity contribution in [3.05, 3.63) is 71.7 Å². The van der Waals surface area contributed by atoms with Crippen molar-refractivity contribution in [3.63, 3.8) is 0 Å². The molecule has 0 atom stereocenters. The predicted molar refractivity (Wildman–Crippen MR) is 141 cm³/mol. The first kappa shape index (κ1) is 26.7. The number of nitrogens with one attached hydrogen (secondary N) is 3. The van der Waals surface area contributed by atoms with Gasteiger partial charge in [-0.3, -0.25) is 9.89 Å². The molecule has 0 unspecified atom stereocenters. The van der Waals surface area contributed by atoms with Gasteiger partial charge in [0.15, 0.2) is 17.5 Å². The summed E-state index contributed by atoms with van der Waals surface area (Å²) in [5.41, 5.74) is 1.78. The molecule has 0 spiro atoms. The van der Waals surface area contributed by atoms with Crippen LogP contribution in [0.5, 0.6) is 0 Å². The summed E-state index contributed by atoms with van der Waals surface area (Å²) >= 11 is 0. The smallest absolute Gasteiger partial charge is 0.230 e. The van der Waals surface area contributed by atoms with Gasteiger partial charge < -0.3 is 20.6 Å². The Balaban J connectivity index is 1.39. The molecule has 0 aliphatic heterocycles. The number of hydrogen-bond donors (Lipinski definition) is 4. The van der Waals surface area contributed by atoms with Crippen LogP contribution in [0.4, 0.5) is 26.1 Å². The van der Waals surface area contributed by atoms with Crippen LogP contribution in [-0.2, 0) is 11.2 Å². The lowest BCUT2D eigenvalue weighted by atomic mass is 10.1. The van der Waals surface area contributed by atoms with Gasteiger partial charge in [-0.25, -0.2) is 18.7 Å². The van der Waals surface area contributed by atoms with E-state index in [1.807, 2.05) is 18.2 Å². The fourth-order valence-corrected chi connectivity index (χ4v) is 3.79. The lowest BCUT2D eigenvalue weighted by molar-refractivity contribution is -0.115. The molecule has 2 aromatic carbocycles. The average molecular weight is 520 g/mol. The van der Waals surface area contributed by atoms with E-state index in [9.17, 15) is 13.6 Å². The van der Waals surface area contributed by atoms with E-state index in [2.05, 4.69) is 54.5 Å². The molecule has 0 radical (unpaired) electrons. The number of aliphatic hydroxyl groups excluding tert-OH is 1. The Labute approximate surface area is 218 Å². The Kier molecular flexibility index (Phi) is 8.92. The second-order valence-electron chi connectivity index (χ2n) is 8.39. The number of anilines is 3. The molecule has 4 rings (SSSR count). The van der Waals surface area contributed by atoms with Gasteiger partial charge in [0, 0.05) is 42.2 Å². The van der Waals surface area contributed by atoms with Crippen LogP contribution in [0.3, 0.4) is 0 Å². The van der Waals surface area contributed by atoms with Crippen LogP contribution >= 0.6 is 0 Å². The van der Waals surface area contributed by atoms with Crippen LogP contribution in [0.2, 0.25) is 0 Å². The zero-order valence-electron chi connectivity index (χ0n) is 20.8. The molecular formula is C27H27F2N7O2. The summed E-state index contributed by atoms with van der Waals surface area (Å²) in [4.78, 5) is 23.1. The van der Waals surface area contributed by atoms with Gasteiger partial charge >= 0.3 is 0 Å².